The number of H-pyrrole nitrogens is 1. The fraction of sp³-hybridized carbons (Fsp3) is 0.357. The van der Waals surface area contributed by atoms with E-state index in [0.29, 0.717) is 11.2 Å². The molecule has 6 heteroatoms. The van der Waals surface area contributed by atoms with E-state index in [2.05, 4.69) is 9.97 Å². The zero-order chi connectivity index (χ0) is 14.3. The van der Waals surface area contributed by atoms with Gasteiger partial charge in [0.05, 0.1) is 5.56 Å². The monoisotopic (exact) mass is 273 g/mol. The highest BCUT2D eigenvalue weighted by Gasteiger charge is 2.39. The molecule has 1 saturated carbocycles. The third kappa shape index (κ3) is 2.03. The second-order valence-electron chi connectivity index (χ2n) is 5.06. The van der Waals surface area contributed by atoms with Crippen LogP contribution in [0.1, 0.15) is 30.1 Å². The minimum absolute atomic E-state index is 0.0372. The summed E-state index contributed by atoms with van der Waals surface area (Å²) >= 11 is 0. The van der Waals surface area contributed by atoms with Crippen LogP contribution >= 0.6 is 0 Å². The Morgan fingerprint density at radius 1 is 1.50 bits per heavy atom. The highest BCUT2D eigenvalue weighted by Crippen LogP contribution is 2.31. The van der Waals surface area contributed by atoms with Crippen molar-refractivity contribution in [2.24, 2.45) is 0 Å². The average Bonchev–Trinajstić information content (AvgIpc) is 3.17. The number of nitrogens with zero attached hydrogens (tertiary/aromatic N) is 2. The van der Waals surface area contributed by atoms with Crippen LogP contribution in [0.15, 0.2) is 24.5 Å². The van der Waals surface area contributed by atoms with E-state index in [9.17, 15) is 14.7 Å². The third-order valence-electron chi connectivity index (χ3n) is 3.63. The molecule has 0 bridgehead atoms. The Bertz CT molecular complexity index is 675. The van der Waals surface area contributed by atoms with Crippen LogP contribution in [-0.2, 0) is 4.79 Å². The van der Waals surface area contributed by atoms with E-state index in [1.165, 1.54) is 4.90 Å². The van der Waals surface area contributed by atoms with Crippen molar-refractivity contribution in [2.75, 3.05) is 0 Å². The number of nitrogens with one attached hydrogen (secondary N) is 1. The summed E-state index contributed by atoms with van der Waals surface area (Å²) < 4.78 is 0. The number of carbonyl (C=O) groups excluding carboxylic acids is 1. The second kappa shape index (κ2) is 4.63. The number of hydrogen-bond acceptors (Lipinski definition) is 3. The van der Waals surface area contributed by atoms with Gasteiger partial charge in [0.2, 0.25) is 0 Å². The largest absolute Gasteiger partial charge is 0.480 e. The average molecular weight is 273 g/mol. The first-order chi connectivity index (χ1) is 9.59. The Labute approximate surface area is 115 Å². The summed E-state index contributed by atoms with van der Waals surface area (Å²) in [5, 5.41) is 9.90. The van der Waals surface area contributed by atoms with E-state index in [4.69, 9.17) is 0 Å². The molecule has 0 radical (unpaired) electrons. The number of hydrogen-bond donors (Lipinski definition) is 2. The molecule has 3 rings (SSSR count). The molecule has 20 heavy (non-hydrogen) atoms. The summed E-state index contributed by atoms with van der Waals surface area (Å²) in [6.07, 6.45) is 4.98. The summed E-state index contributed by atoms with van der Waals surface area (Å²) in [4.78, 5) is 32.4. The molecule has 2 heterocycles. The number of aliphatic carboxylic acids is 1. The van der Waals surface area contributed by atoms with Crippen molar-refractivity contribution in [1.29, 1.82) is 0 Å². The maximum Gasteiger partial charge on any atom is 0.326 e. The van der Waals surface area contributed by atoms with Crippen molar-refractivity contribution >= 4 is 22.9 Å². The fourth-order valence-electron chi connectivity index (χ4n) is 2.40. The van der Waals surface area contributed by atoms with Gasteiger partial charge in [-0.25, -0.2) is 9.78 Å². The van der Waals surface area contributed by atoms with Gasteiger partial charge in [0.1, 0.15) is 11.7 Å². The van der Waals surface area contributed by atoms with Gasteiger partial charge in [0, 0.05) is 23.8 Å². The zero-order valence-electron chi connectivity index (χ0n) is 11.0. The molecule has 1 unspecified atom stereocenters. The van der Waals surface area contributed by atoms with Crippen LogP contribution in [0, 0.1) is 0 Å². The molecule has 1 aliphatic rings. The van der Waals surface area contributed by atoms with Gasteiger partial charge in [-0.2, -0.15) is 0 Å². The predicted molar refractivity (Wildman–Crippen MR) is 72.4 cm³/mol. The number of rotatable bonds is 4. The number of carboxylic acid groups (broad SMARTS) is 1. The van der Waals surface area contributed by atoms with Gasteiger partial charge in [-0.1, -0.05) is 0 Å². The number of aromatic amines is 1. The van der Waals surface area contributed by atoms with E-state index in [-0.39, 0.29) is 11.9 Å². The topological polar surface area (TPSA) is 86.3 Å². The SMILES string of the molecule is CC(C(=O)O)N(C(=O)c1c[nH]c2ncccc12)C1CC1. The van der Waals surface area contributed by atoms with E-state index in [1.54, 1.807) is 25.4 Å². The Balaban J connectivity index is 1.99. The van der Waals surface area contributed by atoms with Crippen LogP contribution in [0.2, 0.25) is 0 Å². The normalized spacial score (nSPS) is 16.1. The minimum atomic E-state index is -0.983. The molecular formula is C14H15N3O3. The number of aromatic nitrogens is 2. The van der Waals surface area contributed by atoms with Gasteiger partial charge < -0.3 is 15.0 Å². The van der Waals surface area contributed by atoms with E-state index >= 15 is 0 Å². The Hall–Kier alpha value is -2.37. The molecule has 0 spiro atoms. The van der Waals surface area contributed by atoms with Gasteiger partial charge in [-0.15, -0.1) is 0 Å². The molecule has 6 nitrogen and oxygen atoms in total. The van der Waals surface area contributed by atoms with Gasteiger partial charge in [0.15, 0.2) is 0 Å². The lowest BCUT2D eigenvalue weighted by Gasteiger charge is -2.26. The fourth-order valence-corrected chi connectivity index (χ4v) is 2.40. The lowest BCUT2D eigenvalue weighted by atomic mass is 10.1. The highest BCUT2D eigenvalue weighted by atomic mass is 16.4. The van der Waals surface area contributed by atoms with Crippen molar-refractivity contribution in [1.82, 2.24) is 14.9 Å². The van der Waals surface area contributed by atoms with E-state index < -0.39 is 12.0 Å². The lowest BCUT2D eigenvalue weighted by Crippen LogP contribution is -2.44. The number of pyridine rings is 1. The van der Waals surface area contributed by atoms with Crippen LogP contribution < -0.4 is 0 Å². The molecule has 1 atom stereocenters. The molecule has 2 aromatic heterocycles. The molecule has 0 aromatic carbocycles. The first kappa shape index (κ1) is 12.7. The Morgan fingerprint density at radius 3 is 2.90 bits per heavy atom. The molecule has 104 valence electrons. The summed E-state index contributed by atoms with van der Waals surface area (Å²) in [5.74, 6) is -1.23. The Morgan fingerprint density at radius 2 is 2.25 bits per heavy atom. The molecular weight excluding hydrogens is 258 g/mol. The molecule has 2 aromatic rings. The maximum absolute atomic E-state index is 12.7. The molecule has 2 N–H and O–H groups in total. The lowest BCUT2D eigenvalue weighted by molar-refractivity contribution is -0.141. The van der Waals surface area contributed by atoms with E-state index in [0.717, 1.165) is 18.2 Å². The summed E-state index contributed by atoms with van der Waals surface area (Å²) in [6.45, 7) is 1.55. The number of carboxylic acids is 1. The number of fused-ring (bicyclic) bond motifs is 1. The molecule has 1 fully saturated rings. The van der Waals surface area contributed by atoms with Gasteiger partial charge >= 0.3 is 5.97 Å². The standard InChI is InChI=1S/C14H15N3O3/c1-8(14(19)20)17(9-4-5-9)13(18)11-7-16-12-10(11)3-2-6-15-12/h2-3,6-9H,4-5H2,1H3,(H,15,16)(H,19,20). The Kier molecular flexibility index (Phi) is 2.93. The van der Waals surface area contributed by atoms with Crippen LogP contribution in [-0.4, -0.2) is 43.9 Å². The van der Waals surface area contributed by atoms with Crippen LogP contribution in [0.25, 0.3) is 11.0 Å². The predicted octanol–water partition coefficient (Wildman–Crippen LogP) is 1.64. The van der Waals surface area contributed by atoms with Crippen LogP contribution in [0.5, 0.6) is 0 Å². The van der Waals surface area contributed by atoms with Gasteiger partial charge in [-0.3, -0.25) is 4.79 Å². The third-order valence-corrected chi connectivity index (χ3v) is 3.63. The number of carbonyl (C=O) groups is 2. The van der Waals surface area contributed by atoms with Crippen LogP contribution in [0.4, 0.5) is 0 Å². The molecule has 0 saturated heterocycles. The van der Waals surface area contributed by atoms with Crippen molar-refractivity contribution in [3.8, 4) is 0 Å². The first-order valence-electron chi connectivity index (χ1n) is 6.57. The smallest absolute Gasteiger partial charge is 0.326 e. The first-order valence-corrected chi connectivity index (χ1v) is 6.57. The zero-order valence-corrected chi connectivity index (χ0v) is 11.0. The second-order valence-corrected chi connectivity index (χ2v) is 5.06. The van der Waals surface area contributed by atoms with Gasteiger partial charge in [-0.05, 0) is 31.9 Å². The maximum atomic E-state index is 12.7. The summed E-state index contributed by atoms with van der Waals surface area (Å²) in [5.41, 5.74) is 1.11. The van der Waals surface area contributed by atoms with Crippen molar-refractivity contribution in [2.45, 2.75) is 31.8 Å². The van der Waals surface area contributed by atoms with Crippen molar-refractivity contribution < 1.29 is 14.7 Å². The molecule has 1 aliphatic carbocycles. The molecule has 1 amide bonds. The van der Waals surface area contributed by atoms with Crippen LogP contribution in [0.3, 0.4) is 0 Å². The molecule has 0 aliphatic heterocycles. The number of amides is 1. The summed E-state index contributed by atoms with van der Waals surface area (Å²) in [7, 11) is 0. The highest BCUT2D eigenvalue weighted by molar-refractivity contribution is 6.07. The quantitative estimate of drug-likeness (QED) is 0.886. The minimum Gasteiger partial charge on any atom is -0.480 e. The summed E-state index contributed by atoms with van der Waals surface area (Å²) in [6, 6.07) is 2.78. The van der Waals surface area contributed by atoms with Crippen molar-refractivity contribution in [3.05, 3.63) is 30.1 Å². The van der Waals surface area contributed by atoms with Gasteiger partial charge in [0.25, 0.3) is 5.91 Å². The van der Waals surface area contributed by atoms with Crippen molar-refractivity contribution in [3.63, 3.8) is 0 Å². The van der Waals surface area contributed by atoms with E-state index in [1.807, 2.05) is 6.07 Å².